The molecule has 2 rings (SSSR count). The lowest BCUT2D eigenvalue weighted by atomic mass is 10.1. The largest absolute Gasteiger partial charge is 0.322 e. The third kappa shape index (κ3) is 3.45. The van der Waals surface area contributed by atoms with E-state index in [1.807, 2.05) is 44.2 Å². The summed E-state index contributed by atoms with van der Waals surface area (Å²) in [4.78, 5) is 12.2. The van der Waals surface area contributed by atoms with Crippen LogP contribution < -0.4 is 5.32 Å². The lowest BCUT2D eigenvalue weighted by Crippen LogP contribution is -2.12. The Bertz CT molecular complexity index is 638. The highest BCUT2D eigenvalue weighted by Gasteiger charge is 2.10. The van der Waals surface area contributed by atoms with Crippen molar-refractivity contribution in [2.24, 2.45) is 0 Å². The first-order valence-corrected chi connectivity index (χ1v) is 7.39. The Morgan fingerprint density at radius 1 is 1.00 bits per heavy atom. The van der Waals surface area contributed by atoms with Crippen LogP contribution in [0.15, 0.2) is 45.3 Å². The molecule has 0 atom stereocenters. The van der Waals surface area contributed by atoms with Gasteiger partial charge in [-0.2, -0.15) is 0 Å². The topological polar surface area (TPSA) is 29.1 Å². The molecule has 2 nitrogen and oxygen atoms in total. The van der Waals surface area contributed by atoms with E-state index in [4.69, 9.17) is 0 Å². The van der Waals surface area contributed by atoms with Crippen LogP contribution >= 0.6 is 31.9 Å². The standard InChI is InChI=1S/C15H13Br2NO/c1-9-3-5-12(7-10(9)2)18-15(19)13-6-4-11(16)8-14(13)17/h3-8H,1-2H3,(H,18,19). The summed E-state index contributed by atoms with van der Waals surface area (Å²) in [5, 5.41) is 2.90. The highest BCUT2D eigenvalue weighted by atomic mass is 79.9. The molecule has 98 valence electrons. The van der Waals surface area contributed by atoms with E-state index in [0.29, 0.717) is 5.56 Å². The maximum atomic E-state index is 12.2. The number of carbonyl (C=O) groups excluding carboxylic acids is 1. The average Bonchev–Trinajstić information content (AvgIpc) is 2.33. The van der Waals surface area contributed by atoms with Crippen LogP contribution in [0.3, 0.4) is 0 Å². The normalized spacial score (nSPS) is 10.3. The lowest BCUT2D eigenvalue weighted by molar-refractivity contribution is 0.102. The van der Waals surface area contributed by atoms with Gasteiger partial charge in [0, 0.05) is 14.6 Å². The predicted octanol–water partition coefficient (Wildman–Crippen LogP) is 5.08. The van der Waals surface area contributed by atoms with Crippen molar-refractivity contribution in [2.75, 3.05) is 5.32 Å². The summed E-state index contributed by atoms with van der Waals surface area (Å²) < 4.78 is 1.70. The molecule has 0 aliphatic rings. The molecular weight excluding hydrogens is 370 g/mol. The van der Waals surface area contributed by atoms with Crippen molar-refractivity contribution >= 4 is 43.5 Å². The van der Waals surface area contributed by atoms with E-state index in [0.717, 1.165) is 20.2 Å². The molecule has 19 heavy (non-hydrogen) atoms. The van der Waals surface area contributed by atoms with Crippen molar-refractivity contribution in [3.63, 3.8) is 0 Å². The first kappa shape index (κ1) is 14.3. The van der Waals surface area contributed by atoms with Gasteiger partial charge in [-0.1, -0.05) is 22.0 Å². The molecule has 0 heterocycles. The van der Waals surface area contributed by atoms with E-state index in [2.05, 4.69) is 37.2 Å². The van der Waals surface area contributed by atoms with Crippen molar-refractivity contribution < 1.29 is 4.79 Å². The third-order valence-electron chi connectivity index (χ3n) is 2.94. The Hall–Kier alpha value is -1.13. The van der Waals surface area contributed by atoms with Gasteiger partial charge < -0.3 is 5.32 Å². The van der Waals surface area contributed by atoms with Crippen molar-refractivity contribution in [3.8, 4) is 0 Å². The summed E-state index contributed by atoms with van der Waals surface area (Å²) in [6, 6.07) is 11.4. The van der Waals surface area contributed by atoms with Gasteiger partial charge in [0.2, 0.25) is 0 Å². The highest BCUT2D eigenvalue weighted by molar-refractivity contribution is 9.11. The first-order valence-electron chi connectivity index (χ1n) is 5.81. The quantitative estimate of drug-likeness (QED) is 0.770. The van der Waals surface area contributed by atoms with Crippen molar-refractivity contribution in [1.29, 1.82) is 0 Å². The number of benzene rings is 2. The summed E-state index contributed by atoms with van der Waals surface area (Å²) in [5.74, 6) is -0.123. The molecule has 0 aliphatic carbocycles. The minimum atomic E-state index is -0.123. The summed E-state index contributed by atoms with van der Waals surface area (Å²) in [6.45, 7) is 4.08. The zero-order valence-electron chi connectivity index (χ0n) is 10.6. The molecule has 0 saturated heterocycles. The lowest BCUT2D eigenvalue weighted by Gasteiger charge is -2.09. The fourth-order valence-corrected chi connectivity index (χ4v) is 2.92. The van der Waals surface area contributed by atoms with Crippen LogP contribution in [0.25, 0.3) is 0 Å². The Kier molecular flexibility index (Phi) is 4.42. The molecule has 0 bridgehead atoms. The minimum Gasteiger partial charge on any atom is -0.322 e. The van der Waals surface area contributed by atoms with E-state index in [1.54, 1.807) is 6.07 Å². The highest BCUT2D eigenvalue weighted by Crippen LogP contribution is 2.23. The second kappa shape index (κ2) is 5.88. The predicted molar refractivity (Wildman–Crippen MR) is 85.7 cm³/mol. The molecule has 2 aromatic rings. The summed E-state index contributed by atoms with van der Waals surface area (Å²) in [7, 11) is 0. The molecule has 0 spiro atoms. The Morgan fingerprint density at radius 3 is 2.37 bits per heavy atom. The van der Waals surface area contributed by atoms with Gasteiger partial charge in [0.05, 0.1) is 5.56 Å². The number of hydrogen-bond acceptors (Lipinski definition) is 1. The molecule has 0 saturated carbocycles. The molecule has 0 unspecified atom stereocenters. The second-order valence-corrected chi connectivity index (χ2v) is 6.15. The fourth-order valence-electron chi connectivity index (χ4n) is 1.69. The van der Waals surface area contributed by atoms with E-state index >= 15 is 0 Å². The molecule has 0 fully saturated rings. The van der Waals surface area contributed by atoms with Crippen molar-refractivity contribution in [3.05, 3.63) is 62.0 Å². The molecule has 0 radical (unpaired) electrons. The number of rotatable bonds is 2. The van der Waals surface area contributed by atoms with Crippen LogP contribution in [0.4, 0.5) is 5.69 Å². The monoisotopic (exact) mass is 381 g/mol. The van der Waals surface area contributed by atoms with E-state index in [-0.39, 0.29) is 5.91 Å². The molecular formula is C15H13Br2NO. The number of aryl methyl sites for hydroxylation is 2. The van der Waals surface area contributed by atoms with Crippen LogP contribution in [0.2, 0.25) is 0 Å². The molecule has 2 aromatic carbocycles. The summed E-state index contributed by atoms with van der Waals surface area (Å²) in [6.07, 6.45) is 0. The van der Waals surface area contributed by atoms with Crippen molar-refractivity contribution in [2.45, 2.75) is 13.8 Å². The van der Waals surface area contributed by atoms with Crippen LogP contribution in [0.5, 0.6) is 0 Å². The SMILES string of the molecule is Cc1ccc(NC(=O)c2ccc(Br)cc2Br)cc1C. The molecule has 1 amide bonds. The number of carbonyl (C=O) groups is 1. The van der Waals surface area contributed by atoms with Gasteiger partial charge in [-0.3, -0.25) is 4.79 Å². The van der Waals surface area contributed by atoms with E-state index < -0.39 is 0 Å². The average molecular weight is 383 g/mol. The molecule has 1 N–H and O–H groups in total. The van der Waals surface area contributed by atoms with E-state index in [1.165, 1.54) is 5.56 Å². The van der Waals surface area contributed by atoms with Crippen LogP contribution in [0.1, 0.15) is 21.5 Å². The maximum Gasteiger partial charge on any atom is 0.256 e. The molecule has 4 heteroatoms. The van der Waals surface area contributed by atoms with Gasteiger partial charge in [-0.05, 0) is 71.2 Å². The number of halogens is 2. The van der Waals surface area contributed by atoms with Gasteiger partial charge in [-0.15, -0.1) is 0 Å². The van der Waals surface area contributed by atoms with Crippen LogP contribution in [0, 0.1) is 13.8 Å². The Morgan fingerprint density at radius 2 is 1.74 bits per heavy atom. The summed E-state index contributed by atoms with van der Waals surface area (Å²) in [5.41, 5.74) is 3.79. The first-order chi connectivity index (χ1) is 8.97. The number of nitrogens with one attached hydrogen (secondary N) is 1. The summed E-state index contributed by atoms with van der Waals surface area (Å²) >= 11 is 6.76. The second-order valence-electron chi connectivity index (χ2n) is 4.38. The van der Waals surface area contributed by atoms with Gasteiger partial charge in [0.15, 0.2) is 0 Å². The Labute approximate surface area is 129 Å². The zero-order valence-corrected chi connectivity index (χ0v) is 13.8. The van der Waals surface area contributed by atoms with Gasteiger partial charge >= 0.3 is 0 Å². The minimum absolute atomic E-state index is 0.123. The van der Waals surface area contributed by atoms with E-state index in [9.17, 15) is 4.79 Å². The van der Waals surface area contributed by atoms with Crippen LogP contribution in [-0.4, -0.2) is 5.91 Å². The zero-order chi connectivity index (χ0) is 14.0. The smallest absolute Gasteiger partial charge is 0.256 e. The van der Waals surface area contributed by atoms with Gasteiger partial charge in [-0.25, -0.2) is 0 Å². The third-order valence-corrected chi connectivity index (χ3v) is 4.09. The molecule has 0 aromatic heterocycles. The number of anilines is 1. The maximum absolute atomic E-state index is 12.2. The molecule has 0 aliphatic heterocycles. The van der Waals surface area contributed by atoms with Crippen LogP contribution in [-0.2, 0) is 0 Å². The number of hydrogen-bond donors (Lipinski definition) is 1. The number of amides is 1. The van der Waals surface area contributed by atoms with Gasteiger partial charge in [0.25, 0.3) is 5.91 Å². The fraction of sp³-hybridized carbons (Fsp3) is 0.133. The Balaban J connectivity index is 2.23. The van der Waals surface area contributed by atoms with Gasteiger partial charge in [0.1, 0.15) is 0 Å². The van der Waals surface area contributed by atoms with Crippen molar-refractivity contribution in [1.82, 2.24) is 0 Å².